The Kier molecular flexibility index (Phi) is 6.17. The fourth-order valence-electron chi connectivity index (χ4n) is 2.88. The van der Waals surface area contributed by atoms with Crippen LogP contribution in [-0.4, -0.2) is 41.1 Å². The number of rotatable bonds is 6. The van der Waals surface area contributed by atoms with Crippen LogP contribution in [0.1, 0.15) is 50.4 Å². The number of amides is 1. The minimum Gasteiger partial charge on any atom is -0.480 e. The Morgan fingerprint density at radius 2 is 2.00 bits per heavy atom. The van der Waals surface area contributed by atoms with Gasteiger partial charge in [0, 0.05) is 19.3 Å². The van der Waals surface area contributed by atoms with Crippen molar-refractivity contribution in [1.82, 2.24) is 10.3 Å². The van der Waals surface area contributed by atoms with Crippen molar-refractivity contribution in [1.29, 1.82) is 0 Å². The first-order chi connectivity index (χ1) is 11.4. The lowest BCUT2D eigenvalue weighted by Gasteiger charge is -2.31. The molecule has 0 aliphatic carbocycles. The molecular formula is C18H27N3O3. The van der Waals surface area contributed by atoms with Crippen LogP contribution in [-0.2, 0) is 4.79 Å². The van der Waals surface area contributed by atoms with Crippen molar-refractivity contribution in [2.24, 2.45) is 11.8 Å². The SMILES string of the molecule is CC(C)CC(NC(=O)c1ccc(N2CCC(C)CC2)nc1)C(=O)O. The van der Waals surface area contributed by atoms with E-state index in [4.69, 9.17) is 0 Å². The predicted octanol–water partition coefficient (Wildman–Crippen LogP) is 2.55. The monoisotopic (exact) mass is 333 g/mol. The maximum Gasteiger partial charge on any atom is 0.326 e. The molecule has 1 unspecified atom stereocenters. The minimum absolute atomic E-state index is 0.188. The summed E-state index contributed by atoms with van der Waals surface area (Å²) in [6.07, 6.45) is 4.23. The van der Waals surface area contributed by atoms with Gasteiger partial charge in [-0.05, 0) is 43.2 Å². The van der Waals surface area contributed by atoms with E-state index in [-0.39, 0.29) is 5.92 Å². The van der Waals surface area contributed by atoms with Gasteiger partial charge in [-0.25, -0.2) is 9.78 Å². The summed E-state index contributed by atoms with van der Waals surface area (Å²) in [6, 6.07) is 2.67. The summed E-state index contributed by atoms with van der Waals surface area (Å²) in [6.45, 7) is 8.08. The molecule has 0 radical (unpaired) electrons. The standard InChI is InChI=1S/C18H27N3O3/c1-12(2)10-15(18(23)24)20-17(22)14-4-5-16(19-11-14)21-8-6-13(3)7-9-21/h4-5,11-13,15H,6-10H2,1-3H3,(H,20,22)(H,23,24). The summed E-state index contributed by atoms with van der Waals surface area (Å²) in [7, 11) is 0. The van der Waals surface area contributed by atoms with E-state index in [1.165, 1.54) is 6.20 Å². The average Bonchev–Trinajstić information content (AvgIpc) is 2.54. The van der Waals surface area contributed by atoms with Gasteiger partial charge in [0.2, 0.25) is 0 Å². The highest BCUT2D eigenvalue weighted by Crippen LogP contribution is 2.21. The topological polar surface area (TPSA) is 82.5 Å². The molecule has 0 aromatic carbocycles. The van der Waals surface area contributed by atoms with E-state index < -0.39 is 17.9 Å². The van der Waals surface area contributed by atoms with Crippen LogP contribution in [0, 0.1) is 11.8 Å². The number of pyridine rings is 1. The van der Waals surface area contributed by atoms with Crippen molar-refractivity contribution in [3.8, 4) is 0 Å². The van der Waals surface area contributed by atoms with Gasteiger partial charge in [-0.2, -0.15) is 0 Å². The van der Waals surface area contributed by atoms with Crippen molar-refractivity contribution in [3.63, 3.8) is 0 Å². The zero-order valence-electron chi connectivity index (χ0n) is 14.7. The lowest BCUT2D eigenvalue weighted by atomic mass is 9.99. The summed E-state index contributed by atoms with van der Waals surface area (Å²) < 4.78 is 0. The second-order valence-corrected chi connectivity index (χ2v) is 7.07. The number of aliphatic carboxylic acids is 1. The zero-order chi connectivity index (χ0) is 17.7. The second kappa shape index (κ2) is 8.13. The largest absolute Gasteiger partial charge is 0.480 e. The third-order valence-electron chi connectivity index (χ3n) is 4.43. The number of carboxylic acid groups (broad SMARTS) is 1. The smallest absolute Gasteiger partial charge is 0.326 e. The number of aromatic nitrogens is 1. The van der Waals surface area contributed by atoms with Crippen molar-refractivity contribution in [3.05, 3.63) is 23.9 Å². The molecule has 0 bridgehead atoms. The Labute approximate surface area is 143 Å². The average molecular weight is 333 g/mol. The number of carbonyl (C=O) groups excluding carboxylic acids is 1. The summed E-state index contributed by atoms with van der Waals surface area (Å²) in [5, 5.41) is 11.8. The van der Waals surface area contributed by atoms with Crippen LogP contribution in [0.25, 0.3) is 0 Å². The molecule has 1 fully saturated rings. The maximum absolute atomic E-state index is 12.2. The number of carbonyl (C=O) groups is 2. The van der Waals surface area contributed by atoms with E-state index in [9.17, 15) is 14.7 Å². The maximum atomic E-state index is 12.2. The molecule has 2 N–H and O–H groups in total. The van der Waals surface area contributed by atoms with Gasteiger partial charge in [0.05, 0.1) is 5.56 Å². The number of nitrogens with one attached hydrogen (secondary N) is 1. The molecule has 132 valence electrons. The van der Waals surface area contributed by atoms with Crippen molar-refractivity contribution < 1.29 is 14.7 Å². The fourth-order valence-corrected chi connectivity index (χ4v) is 2.88. The van der Waals surface area contributed by atoms with Crippen molar-refractivity contribution in [2.75, 3.05) is 18.0 Å². The molecule has 0 spiro atoms. The summed E-state index contributed by atoms with van der Waals surface area (Å²) in [4.78, 5) is 30.1. The highest BCUT2D eigenvalue weighted by molar-refractivity contribution is 5.96. The Bertz CT molecular complexity index is 563. The molecule has 0 saturated carbocycles. The molecule has 2 heterocycles. The molecule has 6 heteroatoms. The Morgan fingerprint density at radius 1 is 1.33 bits per heavy atom. The minimum atomic E-state index is -1.01. The quantitative estimate of drug-likeness (QED) is 0.836. The first-order valence-corrected chi connectivity index (χ1v) is 8.61. The Morgan fingerprint density at radius 3 is 2.50 bits per heavy atom. The van der Waals surface area contributed by atoms with E-state index >= 15 is 0 Å². The number of hydrogen-bond acceptors (Lipinski definition) is 4. The molecule has 2 rings (SSSR count). The number of nitrogens with zero attached hydrogens (tertiary/aromatic N) is 2. The van der Waals surface area contributed by atoms with Gasteiger partial charge < -0.3 is 15.3 Å². The van der Waals surface area contributed by atoms with E-state index in [0.717, 1.165) is 37.7 Å². The van der Waals surface area contributed by atoms with Gasteiger partial charge in [-0.15, -0.1) is 0 Å². The lowest BCUT2D eigenvalue weighted by molar-refractivity contribution is -0.139. The molecule has 24 heavy (non-hydrogen) atoms. The van der Waals surface area contributed by atoms with E-state index in [1.54, 1.807) is 6.07 Å². The van der Waals surface area contributed by atoms with Crippen LogP contribution in [0.3, 0.4) is 0 Å². The summed E-state index contributed by atoms with van der Waals surface area (Å²) >= 11 is 0. The zero-order valence-corrected chi connectivity index (χ0v) is 14.7. The highest BCUT2D eigenvalue weighted by Gasteiger charge is 2.22. The van der Waals surface area contributed by atoms with Gasteiger partial charge in [0.15, 0.2) is 0 Å². The van der Waals surface area contributed by atoms with Crippen molar-refractivity contribution in [2.45, 2.75) is 46.1 Å². The third-order valence-corrected chi connectivity index (χ3v) is 4.43. The van der Waals surface area contributed by atoms with Crippen LogP contribution >= 0.6 is 0 Å². The summed E-state index contributed by atoms with van der Waals surface area (Å²) in [5.41, 5.74) is 0.388. The van der Waals surface area contributed by atoms with E-state index in [1.807, 2.05) is 19.9 Å². The van der Waals surface area contributed by atoms with Crippen LogP contribution in [0.2, 0.25) is 0 Å². The second-order valence-electron chi connectivity index (χ2n) is 7.07. The van der Waals surface area contributed by atoms with Crippen LogP contribution in [0.5, 0.6) is 0 Å². The van der Waals surface area contributed by atoms with Crippen molar-refractivity contribution >= 4 is 17.7 Å². The number of carboxylic acids is 1. The molecule has 1 aliphatic heterocycles. The highest BCUT2D eigenvalue weighted by atomic mass is 16.4. The van der Waals surface area contributed by atoms with Gasteiger partial charge >= 0.3 is 5.97 Å². The molecule has 1 atom stereocenters. The molecular weight excluding hydrogens is 306 g/mol. The fraction of sp³-hybridized carbons (Fsp3) is 0.611. The summed E-state index contributed by atoms with van der Waals surface area (Å²) in [5.74, 6) is 0.405. The number of anilines is 1. The van der Waals surface area contributed by atoms with Crippen LogP contribution in [0.15, 0.2) is 18.3 Å². The first-order valence-electron chi connectivity index (χ1n) is 8.61. The van der Waals surface area contributed by atoms with Gasteiger partial charge in [-0.3, -0.25) is 4.79 Å². The molecule has 1 aromatic heterocycles. The Hall–Kier alpha value is -2.11. The molecule has 1 aromatic rings. The predicted molar refractivity (Wildman–Crippen MR) is 93.2 cm³/mol. The molecule has 1 saturated heterocycles. The van der Waals surface area contributed by atoms with Crippen LogP contribution < -0.4 is 10.2 Å². The number of piperidine rings is 1. The Balaban J connectivity index is 1.99. The number of hydrogen-bond donors (Lipinski definition) is 2. The molecule has 1 aliphatic rings. The van der Waals surface area contributed by atoms with Crippen LogP contribution in [0.4, 0.5) is 5.82 Å². The first kappa shape index (κ1) is 18.2. The van der Waals surface area contributed by atoms with Gasteiger partial charge in [0.25, 0.3) is 5.91 Å². The normalized spacial score (nSPS) is 16.9. The van der Waals surface area contributed by atoms with E-state index in [0.29, 0.717) is 12.0 Å². The third kappa shape index (κ3) is 4.94. The molecule has 1 amide bonds. The van der Waals surface area contributed by atoms with Gasteiger partial charge in [0.1, 0.15) is 11.9 Å². The molecule has 6 nitrogen and oxygen atoms in total. The van der Waals surface area contributed by atoms with Gasteiger partial charge in [-0.1, -0.05) is 20.8 Å². The van der Waals surface area contributed by atoms with E-state index in [2.05, 4.69) is 22.1 Å². The lowest BCUT2D eigenvalue weighted by Crippen LogP contribution is -2.41.